The van der Waals surface area contributed by atoms with E-state index in [1.165, 1.54) is 28.8 Å². The van der Waals surface area contributed by atoms with Crippen molar-refractivity contribution in [2.45, 2.75) is 57.5 Å². The number of hydrogen-bond acceptors (Lipinski definition) is 8. The normalized spacial score (nSPS) is 21.8. The molecule has 1 amide bonds. The molecule has 3 atom stereocenters. The van der Waals surface area contributed by atoms with Crippen LogP contribution >= 0.6 is 11.3 Å². The van der Waals surface area contributed by atoms with Crippen LogP contribution in [-0.2, 0) is 32.2 Å². The number of esters is 1. The number of nitrogens with zero attached hydrogens (tertiary/aromatic N) is 4. The van der Waals surface area contributed by atoms with Gasteiger partial charge >= 0.3 is 18.0 Å². The molecule has 0 saturated carbocycles. The summed E-state index contributed by atoms with van der Waals surface area (Å²) in [5, 5.41) is 10.2. The van der Waals surface area contributed by atoms with Crippen LogP contribution in [0.25, 0.3) is 0 Å². The van der Waals surface area contributed by atoms with Crippen LogP contribution in [0, 0.1) is 5.92 Å². The van der Waals surface area contributed by atoms with Crippen molar-refractivity contribution in [3.8, 4) is 0 Å². The molecule has 1 aliphatic rings. The first-order chi connectivity index (χ1) is 17.1. The summed E-state index contributed by atoms with van der Waals surface area (Å²) in [4.78, 5) is 50.1. The van der Waals surface area contributed by atoms with E-state index in [4.69, 9.17) is 9.47 Å². The van der Waals surface area contributed by atoms with E-state index in [1.54, 1.807) is 43.2 Å². The maximum atomic E-state index is 13.9. The van der Waals surface area contributed by atoms with E-state index in [-0.39, 0.29) is 19.6 Å². The van der Waals surface area contributed by atoms with Gasteiger partial charge in [-0.3, -0.25) is 14.7 Å². The number of hydrogen-bond donors (Lipinski definition) is 1. The molecule has 1 aliphatic heterocycles. The molecule has 36 heavy (non-hydrogen) atoms. The van der Waals surface area contributed by atoms with Crippen LogP contribution in [0.5, 0.6) is 0 Å². The molecule has 0 bridgehead atoms. The van der Waals surface area contributed by atoms with Crippen molar-refractivity contribution in [2.75, 3.05) is 0 Å². The van der Waals surface area contributed by atoms with Gasteiger partial charge in [-0.15, -0.1) is 11.3 Å². The Morgan fingerprint density at radius 1 is 1.19 bits per heavy atom. The fourth-order valence-corrected chi connectivity index (χ4v) is 5.23. The molecule has 2 unspecified atom stereocenters. The van der Waals surface area contributed by atoms with Gasteiger partial charge in [0.15, 0.2) is 5.54 Å². The summed E-state index contributed by atoms with van der Waals surface area (Å²) >= 11 is 1.22. The topological polar surface area (TPSA) is 124 Å². The number of thiazole rings is 1. The Balaban J connectivity index is 1.82. The lowest BCUT2D eigenvalue weighted by atomic mass is 9.90. The number of benzene rings is 1. The minimum atomic E-state index is -1.67. The number of carbonyl (C=O) groups excluding carboxylic acids is 2. The number of rotatable bonds is 7. The van der Waals surface area contributed by atoms with Crippen LogP contribution in [0.4, 0.5) is 4.79 Å². The van der Waals surface area contributed by atoms with Gasteiger partial charge in [-0.1, -0.05) is 30.3 Å². The van der Waals surface area contributed by atoms with Crippen LogP contribution in [0.1, 0.15) is 43.7 Å². The molecular formula is C25H28N4O6S. The SMILES string of the molecule is CC(C)(C)OC(=O)[C@]1(Cn2ccnc2)CC(C(=O)O)C(c2cncs2)N1C(=O)OCc1ccccc1. The second-order valence-corrected chi connectivity index (χ2v) is 10.6. The Morgan fingerprint density at radius 2 is 1.94 bits per heavy atom. The molecule has 0 spiro atoms. The number of aromatic nitrogens is 3. The van der Waals surface area contributed by atoms with E-state index in [2.05, 4.69) is 9.97 Å². The minimum Gasteiger partial charge on any atom is -0.481 e. The third kappa shape index (κ3) is 5.25. The van der Waals surface area contributed by atoms with Gasteiger partial charge in [0.25, 0.3) is 0 Å². The zero-order valence-corrected chi connectivity index (χ0v) is 21.1. The molecule has 1 N–H and O–H groups in total. The van der Waals surface area contributed by atoms with E-state index in [9.17, 15) is 19.5 Å². The predicted octanol–water partition coefficient (Wildman–Crippen LogP) is 3.90. The molecule has 2 aromatic heterocycles. The maximum Gasteiger partial charge on any atom is 0.411 e. The largest absolute Gasteiger partial charge is 0.481 e. The Labute approximate surface area is 212 Å². The summed E-state index contributed by atoms with van der Waals surface area (Å²) in [6, 6.07) is 8.14. The lowest BCUT2D eigenvalue weighted by Gasteiger charge is -2.39. The van der Waals surface area contributed by atoms with Gasteiger partial charge in [-0.2, -0.15) is 0 Å². The van der Waals surface area contributed by atoms with Crippen molar-refractivity contribution < 1.29 is 29.0 Å². The van der Waals surface area contributed by atoms with Crippen molar-refractivity contribution in [3.05, 3.63) is 71.2 Å². The van der Waals surface area contributed by atoms with Crippen LogP contribution in [0.15, 0.2) is 60.8 Å². The van der Waals surface area contributed by atoms with Crippen molar-refractivity contribution in [1.29, 1.82) is 0 Å². The molecule has 10 nitrogen and oxygen atoms in total. The van der Waals surface area contributed by atoms with Gasteiger partial charge in [-0.05, 0) is 32.8 Å². The fraction of sp³-hybridized carbons (Fsp3) is 0.400. The number of imidazole rings is 1. The number of carbonyl (C=O) groups is 3. The monoisotopic (exact) mass is 512 g/mol. The molecule has 1 fully saturated rings. The highest BCUT2D eigenvalue weighted by Crippen LogP contribution is 2.50. The Bertz CT molecular complexity index is 1190. The highest BCUT2D eigenvalue weighted by Gasteiger charge is 2.63. The number of carboxylic acid groups (broad SMARTS) is 1. The summed E-state index contributed by atoms with van der Waals surface area (Å²) in [7, 11) is 0. The maximum absolute atomic E-state index is 13.9. The number of carboxylic acids is 1. The molecule has 3 aromatic rings. The van der Waals surface area contributed by atoms with Crippen molar-refractivity contribution in [2.24, 2.45) is 5.92 Å². The summed E-state index contributed by atoms with van der Waals surface area (Å²) in [5.74, 6) is -2.94. The lowest BCUT2D eigenvalue weighted by molar-refractivity contribution is -0.169. The number of likely N-dealkylation sites (tertiary alicyclic amines) is 1. The summed E-state index contributed by atoms with van der Waals surface area (Å²) in [6.07, 6.45) is 5.24. The summed E-state index contributed by atoms with van der Waals surface area (Å²) < 4.78 is 13.1. The summed E-state index contributed by atoms with van der Waals surface area (Å²) in [6.45, 7) is 5.06. The van der Waals surface area contributed by atoms with Gasteiger partial charge in [0.2, 0.25) is 0 Å². The van der Waals surface area contributed by atoms with E-state index in [0.29, 0.717) is 4.88 Å². The summed E-state index contributed by atoms with van der Waals surface area (Å²) in [5.41, 5.74) is -0.226. The van der Waals surface area contributed by atoms with Crippen LogP contribution in [-0.4, -0.2) is 53.7 Å². The molecule has 190 valence electrons. The quantitative estimate of drug-likeness (QED) is 0.473. The van der Waals surface area contributed by atoms with Crippen LogP contribution < -0.4 is 0 Å². The molecule has 1 saturated heterocycles. The average molecular weight is 513 g/mol. The molecule has 3 heterocycles. The number of ether oxygens (including phenoxy) is 2. The van der Waals surface area contributed by atoms with Crippen LogP contribution in [0.3, 0.4) is 0 Å². The van der Waals surface area contributed by atoms with E-state index in [1.807, 2.05) is 30.3 Å². The first kappa shape index (κ1) is 25.4. The molecule has 11 heteroatoms. The number of amides is 1. The first-order valence-electron chi connectivity index (χ1n) is 11.4. The third-order valence-electron chi connectivity index (χ3n) is 5.92. The van der Waals surface area contributed by atoms with Crippen molar-refractivity contribution in [3.63, 3.8) is 0 Å². The predicted molar refractivity (Wildman–Crippen MR) is 130 cm³/mol. The van der Waals surface area contributed by atoms with Crippen molar-refractivity contribution in [1.82, 2.24) is 19.4 Å². The number of aliphatic carboxylic acids is 1. The highest BCUT2D eigenvalue weighted by atomic mass is 32.1. The zero-order valence-electron chi connectivity index (χ0n) is 20.2. The van der Waals surface area contributed by atoms with Gasteiger partial charge in [-0.25, -0.2) is 14.6 Å². The van der Waals surface area contributed by atoms with Gasteiger partial charge in [0, 0.05) is 23.5 Å². The minimum absolute atomic E-state index is 0.0429. The van der Waals surface area contributed by atoms with E-state index >= 15 is 0 Å². The molecular weight excluding hydrogens is 484 g/mol. The van der Waals surface area contributed by atoms with Gasteiger partial charge in [0.05, 0.1) is 30.3 Å². The third-order valence-corrected chi connectivity index (χ3v) is 6.77. The second kappa shape index (κ2) is 10.1. The average Bonchev–Trinajstić information content (AvgIpc) is 3.58. The lowest BCUT2D eigenvalue weighted by Crippen LogP contribution is -2.58. The van der Waals surface area contributed by atoms with Crippen molar-refractivity contribution >= 4 is 29.4 Å². The highest BCUT2D eigenvalue weighted by molar-refractivity contribution is 7.09. The Hall–Kier alpha value is -3.73. The van der Waals surface area contributed by atoms with E-state index < -0.39 is 41.1 Å². The van der Waals surface area contributed by atoms with E-state index in [0.717, 1.165) is 5.56 Å². The molecule has 0 radical (unpaired) electrons. The molecule has 1 aromatic carbocycles. The standard InChI is InChI=1S/C25H28N4O6S/c1-24(2,3)35-22(32)25(14-28-10-9-26-15-28)11-18(21(30)31)20(19-12-27-16-36-19)29(25)23(33)34-13-17-7-5-4-6-8-17/h4-10,12,15-16,18,20H,11,13-14H2,1-3H3,(H,30,31)/t18?,20?,25-/m1/s1. The van der Waals surface area contributed by atoms with Gasteiger partial charge in [0.1, 0.15) is 12.2 Å². The van der Waals surface area contributed by atoms with Crippen LogP contribution in [0.2, 0.25) is 0 Å². The van der Waals surface area contributed by atoms with Gasteiger partial charge < -0.3 is 19.1 Å². The second-order valence-electron chi connectivity index (χ2n) is 9.68. The smallest absolute Gasteiger partial charge is 0.411 e. The Morgan fingerprint density at radius 3 is 2.53 bits per heavy atom. The molecule has 0 aliphatic carbocycles. The fourth-order valence-electron chi connectivity index (χ4n) is 4.46. The molecule has 4 rings (SSSR count). The first-order valence-corrected chi connectivity index (χ1v) is 12.3. The Kier molecular flexibility index (Phi) is 7.11. The zero-order chi connectivity index (χ0) is 25.9.